The Morgan fingerprint density at radius 1 is 1.34 bits per heavy atom. The molecule has 2 fully saturated rings. The Morgan fingerprint density at radius 2 is 2.14 bits per heavy atom. The van der Waals surface area contributed by atoms with Gasteiger partial charge in [-0.25, -0.2) is 9.98 Å². The van der Waals surface area contributed by atoms with Gasteiger partial charge in [0.25, 0.3) is 0 Å². The Bertz CT molecular complexity index is 702. The molecule has 1 aromatic heterocycles. The van der Waals surface area contributed by atoms with Crippen LogP contribution in [0, 0.1) is 5.92 Å². The minimum atomic E-state index is 0.0415. The van der Waals surface area contributed by atoms with E-state index in [0.29, 0.717) is 6.54 Å². The van der Waals surface area contributed by atoms with Crippen molar-refractivity contribution in [2.75, 3.05) is 50.8 Å². The van der Waals surface area contributed by atoms with Gasteiger partial charge in [-0.1, -0.05) is 19.9 Å². The monoisotopic (exact) mass is 402 g/mol. The molecule has 3 rings (SSSR count). The molecule has 0 spiro atoms. The van der Waals surface area contributed by atoms with Crippen LogP contribution in [0.25, 0.3) is 0 Å². The molecule has 8 heteroatoms. The lowest BCUT2D eigenvalue weighted by Crippen LogP contribution is -2.45. The summed E-state index contributed by atoms with van der Waals surface area (Å²) in [6.45, 7) is 12.0. The number of pyridine rings is 1. The number of carbonyl (C=O) groups is 1. The van der Waals surface area contributed by atoms with Crippen molar-refractivity contribution in [2.45, 2.75) is 39.8 Å². The maximum atomic E-state index is 12.2. The van der Waals surface area contributed by atoms with Crippen molar-refractivity contribution in [3.05, 3.63) is 23.9 Å². The van der Waals surface area contributed by atoms with E-state index in [0.717, 1.165) is 69.7 Å². The fourth-order valence-corrected chi connectivity index (χ4v) is 3.73. The van der Waals surface area contributed by atoms with Crippen LogP contribution in [-0.2, 0) is 16.1 Å². The van der Waals surface area contributed by atoms with Crippen LogP contribution in [0.15, 0.2) is 23.3 Å². The third-order valence-electron chi connectivity index (χ3n) is 5.26. The SMILES string of the molecule is CCNC(=NCc1cccnc1N1CCOCC1)NC1CCN(C(=O)C(C)C)C1. The number of carbonyl (C=O) groups excluding carboxylic acids is 1. The van der Waals surface area contributed by atoms with Crippen molar-refractivity contribution >= 4 is 17.7 Å². The van der Waals surface area contributed by atoms with E-state index in [1.165, 1.54) is 0 Å². The fourth-order valence-electron chi connectivity index (χ4n) is 3.73. The molecule has 29 heavy (non-hydrogen) atoms. The number of rotatable bonds is 6. The second-order valence-corrected chi connectivity index (χ2v) is 7.85. The largest absolute Gasteiger partial charge is 0.378 e. The topological polar surface area (TPSA) is 82.1 Å². The lowest BCUT2D eigenvalue weighted by atomic mass is 10.2. The highest BCUT2D eigenvalue weighted by Gasteiger charge is 2.28. The van der Waals surface area contributed by atoms with Gasteiger partial charge in [-0.05, 0) is 19.4 Å². The summed E-state index contributed by atoms with van der Waals surface area (Å²) >= 11 is 0. The van der Waals surface area contributed by atoms with Crippen molar-refractivity contribution in [2.24, 2.45) is 10.9 Å². The van der Waals surface area contributed by atoms with Gasteiger partial charge < -0.3 is 25.2 Å². The summed E-state index contributed by atoms with van der Waals surface area (Å²) in [6.07, 6.45) is 2.77. The van der Waals surface area contributed by atoms with Crippen LogP contribution in [0.3, 0.4) is 0 Å². The average molecular weight is 403 g/mol. The van der Waals surface area contributed by atoms with Gasteiger partial charge in [0.1, 0.15) is 5.82 Å². The van der Waals surface area contributed by atoms with Crippen LogP contribution < -0.4 is 15.5 Å². The lowest BCUT2D eigenvalue weighted by molar-refractivity contribution is -0.133. The van der Waals surface area contributed by atoms with Crippen LogP contribution in [-0.4, -0.2) is 73.7 Å². The molecule has 160 valence electrons. The zero-order valence-corrected chi connectivity index (χ0v) is 17.9. The lowest BCUT2D eigenvalue weighted by Gasteiger charge is -2.29. The van der Waals surface area contributed by atoms with Gasteiger partial charge in [0.05, 0.1) is 19.8 Å². The van der Waals surface area contributed by atoms with Crippen LogP contribution in [0.4, 0.5) is 5.82 Å². The fraction of sp³-hybridized carbons (Fsp3) is 0.667. The van der Waals surface area contributed by atoms with Crippen LogP contribution in [0.2, 0.25) is 0 Å². The molecular formula is C21H34N6O2. The summed E-state index contributed by atoms with van der Waals surface area (Å²) < 4.78 is 5.46. The average Bonchev–Trinajstić information content (AvgIpc) is 3.21. The molecule has 0 aromatic carbocycles. The van der Waals surface area contributed by atoms with Gasteiger partial charge in [0.2, 0.25) is 5.91 Å². The molecule has 2 N–H and O–H groups in total. The van der Waals surface area contributed by atoms with Gasteiger partial charge in [0.15, 0.2) is 5.96 Å². The van der Waals surface area contributed by atoms with Crippen LogP contribution >= 0.6 is 0 Å². The summed E-state index contributed by atoms with van der Waals surface area (Å²) in [4.78, 5) is 25.8. The van der Waals surface area contributed by atoms with E-state index in [2.05, 4.69) is 33.5 Å². The van der Waals surface area contributed by atoms with E-state index in [9.17, 15) is 4.79 Å². The van der Waals surface area contributed by atoms with Crippen molar-refractivity contribution in [1.29, 1.82) is 0 Å². The molecule has 0 bridgehead atoms. The van der Waals surface area contributed by atoms with Gasteiger partial charge in [0, 0.05) is 56.4 Å². The Kier molecular flexibility index (Phi) is 7.69. The first kappa shape index (κ1) is 21.4. The molecule has 0 radical (unpaired) electrons. The predicted molar refractivity (Wildman–Crippen MR) is 115 cm³/mol. The number of guanidine groups is 1. The van der Waals surface area contributed by atoms with Gasteiger partial charge in [-0.3, -0.25) is 4.79 Å². The summed E-state index contributed by atoms with van der Waals surface area (Å²) in [5, 5.41) is 6.83. The van der Waals surface area contributed by atoms with E-state index < -0.39 is 0 Å². The van der Waals surface area contributed by atoms with E-state index in [1.807, 2.05) is 31.0 Å². The summed E-state index contributed by atoms with van der Waals surface area (Å²) in [5.41, 5.74) is 1.11. The summed E-state index contributed by atoms with van der Waals surface area (Å²) in [6, 6.07) is 4.27. The highest BCUT2D eigenvalue weighted by atomic mass is 16.5. The van der Waals surface area contributed by atoms with E-state index in [-0.39, 0.29) is 17.9 Å². The Hall–Kier alpha value is -2.35. The first-order chi connectivity index (χ1) is 14.1. The van der Waals surface area contributed by atoms with Gasteiger partial charge in [-0.2, -0.15) is 0 Å². The molecule has 2 aliphatic heterocycles. The number of aromatic nitrogens is 1. The number of likely N-dealkylation sites (tertiary alicyclic amines) is 1. The van der Waals surface area contributed by atoms with Crippen molar-refractivity contribution < 1.29 is 9.53 Å². The number of morpholine rings is 1. The Balaban J connectivity index is 1.64. The van der Waals surface area contributed by atoms with Crippen molar-refractivity contribution in [3.8, 4) is 0 Å². The molecule has 0 saturated carbocycles. The zero-order valence-electron chi connectivity index (χ0n) is 17.9. The van der Waals surface area contributed by atoms with Crippen LogP contribution in [0.5, 0.6) is 0 Å². The molecule has 1 unspecified atom stereocenters. The maximum Gasteiger partial charge on any atom is 0.225 e. The highest BCUT2D eigenvalue weighted by molar-refractivity contribution is 5.81. The first-order valence-electron chi connectivity index (χ1n) is 10.7. The quantitative estimate of drug-likeness (QED) is 0.550. The molecule has 0 aliphatic carbocycles. The van der Waals surface area contributed by atoms with Crippen molar-refractivity contribution in [1.82, 2.24) is 20.5 Å². The van der Waals surface area contributed by atoms with Crippen molar-refractivity contribution in [3.63, 3.8) is 0 Å². The second kappa shape index (κ2) is 10.4. The number of nitrogens with one attached hydrogen (secondary N) is 2. The van der Waals surface area contributed by atoms with E-state index in [1.54, 1.807) is 0 Å². The zero-order chi connectivity index (χ0) is 20.6. The Labute approximate surface area is 173 Å². The normalized spacial score (nSPS) is 20.3. The Morgan fingerprint density at radius 3 is 2.86 bits per heavy atom. The molecular weight excluding hydrogens is 368 g/mol. The van der Waals surface area contributed by atoms with E-state index >= 15 is 0 Å². The smallest absolute Gasteiger partial charge is 0.225 e. The third kappa shape index (κ3) is 5.82. The maximum absolute atomic E-state index is 12.2. The number of hydrogen-bond acceptors (Lipinski definition) is 5. The van der Waals surface area contributed by atoms with E-state index in [4.69, 9.17) is 9.73 Å². The second-order valence-electron chi connectivity index (χ2n) is 7.85. The molecule has 8 nitrogen and oxygen atoms in total. The summed E-state index contributed by atoms with van der Waals surface area (Å²) in [5.74, 6) is 2.04. The summed E-state index contributed by atoms with van der Waals surface area (Å²) in [7, 11) is 0. The minimum Gasteiger partial charge on any atom is -0.378 e. The minimum absolute atomic E-state index is 0.0415. The number of hydrogen-bond donors (Lipinski definition) is 2. The first-order valence-corrected chi connectivity index (χ1v) is 10.7. The molecule has 1 atom stereocenters. The number of aliphatic imine (C=N–C) groups is 1. The standard InChI is InChI=1S/C21H34N6O2/c1-4-22-21(25-18-7-9-27(15-18)20(28)16(2)3)24-14-17-6-5-8-23-19(17)26-10-12-29-13-11-26/h5-6,8,16,18H,4,7,9-15H2,1-3H3,(H2,22,24,25). The molecule has 2 saturated heterocycles. The van der Waals surface area contributed by atoms with Gasteiger partial charge >= 0.3 is 0 Å². The van der Waals surface area contributed by atoms with Crippen LogP contribution in [0.1, 0.15) is 32.8 Å². The molecule has 3 heterocycles. The highest BCUT2D eigenvalue weighted by Crippen LogP contribution is 2.19. The third-order valence-corrected chi connectivity index (χ3v) is 5.26. The predicted octanol–water partition coefficient (Wildman–Crippen LogP) is 1.23. The number of ether oxygens (including phenoxy) is 1. The molecule has 2 aliphatic rings. The molecule has 1 aromatic rings. The van der Waals surface area contributed by atoms with Gasteiger partial charge in [-0.15, -0.1) is 0 Å². The number of anilines is 1. The number of amides is 1. The molecule has 1 amide bonds. The number of nitrogens with zero attached hydrogens (tertiary/aromatic N) is 4.